The molecule has 1 atom stereocenters. The molecule has 1 saturated heterocycles. The van der Waals surface area contributed by atoms with Crippen molar-refractivity contribution in [3.8, 4) is 0 Å². The van der Waals surface area contributed by atoms with E-state index in [1.165, 1.54) is 36.9 Å². The van der Waals surface area contributed by atoms with E-state index in [2.05, 4.69) is 53.6 Å². The first-order valence-corrected chi connectivity index (χ1v) is 11.2. The van der Waals surface area contributed by atoms with Crippen molar-refractivity contribution >= 4 is 29.9 Å². The normalized spacial score (nSPS) is 25.9. The highest BCUT2D eigenvalue weighted by Crippen LogP contribution is 2.21. The molecule has 1 saturated carbocycles. The lowest BCUT2D eigenvalue weighted by molar-refractivity contribution is 0.120. The molecule has 1 aliphatic carbocycles. The highest BCUT2D eigenvalue weighted by molar-refractivity contribution is 14.0. The van der Waals surface area contributed by atoms with Crippen molar-refractivity contribution in [3.05, 3.63) is 35.4 Å². The summed E-state index contributed by atoms with van der Waals surface area (Å²) in [4.78, 5) is 7.50. The van der Waals surface area contributed by atoms with E-state index in [9.17, 15) is 5.11 Å². The minimum Gasteiger partial charge on any atom is -0.393 e. The third-order valence-corrected chi connectivity index (χ3v) is 6.22. The van der Waals surface area contributed by atoms with Crippen LogP contribution in [-0.2, 0) is 13.1 Å². The number of nitrogens with one attached hydrogen (secondary N) is 2. The maximum atomic E-state index is 9.72. The van der Waals surface area contributed by atoms with E-state index in [-0.39, 0.29) is 30.1 Å². The predicted molar refractivity (Wildman–Crippen MR) is 132 cm³/mol. The lowest BCUT2D eigenvalue weighted by Gasteiger charge is -2.33. The molecule has 1 unspecified atom stereocenters. The molecule has 29 heavy (non-hydrogen) atoms. The molecule has 3 N–H and O–H groups in total. The second-order valence-electron chi connectivity index (χ2n) is 8.43. The summed E-state index contributed by atoms with van der Waals surface area (Å²) < 4.78 is 0. The molecule has 5 nitrogen and oxygen atoms in total. The van der Waals surface area contributed by atoms with Crippen molar-refractivity contribution in [3.63, 3.8) is 0 Å². The topological polar surface area (TPSA) is 59.9 Å². The number of piperidine rings is 1. The van der Waals surface area contributed by atoms with Crippen LogP contribution < -0.4 is 10.6 Å². The summed E-state index contributed by atoms with van der Waals surface area (Å²) in [5, 5.41) is 16.7. The highest BCUT2D eigenvalue weighted by Gasteiger charge is 2.21. The van der Waals surface area contributed by atoms with E-state index in [1.807, 2.05) is 0 Å². The average molecular weight is 514 g/mol. The molecule has 2 aliphatic rings. The number of nitrogens with zero attached hydrogens (tertiary/aromatic N) is 2. The molecule has 0 aromatic heterocycles. The van der Waals surface area contributed by atoms with Gasteiger partial charge in [0.25, 0.3) is 0 Å². The van der Waals surface area contributed by atoms with E-state index >= 15 is 0 Å². The van der Waals surface area contributed by atoms with Gasteiger partial charge >= 0.3 is 0 Å². The first-order valence-electron chi connectivity index (χ1n) is 11.2. The standard InChI is InChI=1S/C23H38N4O.HI/c1-3-24-23(26-21-11-13-22(28)14-12-21)25-16-19-9-4-5-10-20(19)17-27-15-7-6-8-18(27)2;/h4-5,9-10,18,21-22,28H,3,6-8,11-17H2,1-2H3,(H2,24,25,26);1H. The zero-order valence-electron chi connectivity index (χ0n) is 18.1. The molecule has 1 aromatic carbocycles. The summed E-state index contributed by atoms with van der Waals surface area (Å²) in [7, 11) is 0. The zero-order valence-corrected chi connectivity index (χ0v) is 20.4. The second-order valence-corrected chi connectivity index (χ2v) is 8.43. The van der Waals surface area contributed by atoms with Crippen molar-refractivity contribution < 1.29 is 5.11 Å². The first kappa shape index (κ1) is 24.4. The van der Waals surface area contributed by atoms with Gasteiger partial charge in [0.05, 0.1) is 12.6 Å². The van der Waals surface area contributed by atoms with Gasteiger partial charge in [0, 0.05) is 25.2 Å². The Morgan fingerprint density at radius 2 is 1.83 bits per heavy atom. The SMILES string of the molecule is CCNC(=NCc1ccccc1CN1CCCCC1C)NC1CCC(O)CC1.I. The molecule has 164 valence electrons. The number of benzene rings is 1. The van der Waals surface area contributed by atoms with Crippen molar-refractivity contribution in [2.24, 2.45) is 4.99 Å². The van der Waals surface area contributed by atoms with Crippen molar-refractivity contribution in [1.29, 1.82) is 0 Å². The second kappa shape index (κ2) is 12.7. The van der Waals surface area contributed by atoms with Gasteiger partial charge in [-0.3, -0.25) is 4.90 Å². The smallest absolute Gasteiger partial charge is 0.191 e. The fourth-order valence-corrected chi connectivity index (χ4v) is 4.38. The number of hydrogen-bond donors (Lipinski definition) is 3. The van der Waals surface area contributed by atoms with Crippen LogP contribution in [0.5, 0.6) is 0 Å². The van der Waals surface area contributed by atoms with Crippen LogP contribution in [0.2, 0.25) is 0 Å². The van der Waals surface area contributed by atoms with Gasteiger partial charge in [-0.15, -0.1) is 24.0 Å². The molecule has 1 aromatic rings. The number of aliphatic hydroxyl groups is 1. The largest absolute Gasteiger partial charge is 0.393 e. The average Bonchev–Trinajstić information content (AvgIpc) is 2.71. The molecule has 1 heterocycles. The number of rotatable bonds is 6. The third-order valence-electron chi connectivity index (χ3n) is 6.22. The van der Waals surface area contributed by atoms with Gasteiger partial charge in [-0.05, 0) is 70.0 Å². The Balaban J connectivity index is 0.00000300. The van der Waals surface area contributed by atoms with Gasteiger partial charge < -0.3 is 15.7 Å². The minimum atomic E-state index is -0.123. The molecule has 0 spiro atoms. The van der Waals surface area contributed by atoms with Crippen LogP contribution in [0.25, 0.3) is 0 Å². The van der Waals surface area contributed by atoms with Crippen molar-refractivity contribution in [2.75, 3.05) is 13.1 Å². The fraction of sp³-hybridized carbons (Fsp3) is 0.696. The van der Waals surface area contributed by atoms with Crippen LogP contribution in [0.4, 0.5) is 0 Å². The van der Waals surface area contributed by atoms with Crippen molar-refractivity contribution in [2.45, 2.75) is 90.1 Å². The van der Waals surface area contributed by atoms with Gasteiger partial charge in [0.2, 0.25) is 0 Å². The van der Waals surface area contributed by atoms with Crippen LogP contribution >= 0.6 is 24.0 Å². The Kier molecular flexibility index (Phi) is 10.7. The van der Waals surface area contributed by atoms with Crippen molar-refractivity contribution in [1.82, 2.24) is 15.5 Å². The summed E-state index contributed by atoms with van der Waals surface area (Å²) in [6, 6.07) is 9.82. The predicted octanol–water partition coefficient (Wildman–Crippen LogP) is 4.04. The third kappa shape index (κ3) is 7.72. The Morgan fingerprint density at radius 3 is 2.52 bits per heavy atom. The van der Waals surface area contributed by atoms with E-state index in [4.69, 9.17) is 4.99 Å². The quantitative estimate of drug-likeness (QED) is 0.305. The number of aliphatic hydroxyl groups excluding tert-OH is 1. The van der Waals surface area contributed by atoms with Crippen LogP contribution in [-0.4, -0.2) is 47.2 Å². The monoisotopic (exact) mass is 514 g/mol. The van der Waals surface area contributed by atoms with Gasteiger partial charge in [-0.2, -0.15) is 0 Å². The van der Waals surface area contributed by atoms with E-state index in [0.717, 1.165) is 44.7 Å². The Hall–Kier alpha value is -0.860. The lowest BCUT2D eigenvalue weighted by Crippen LogP contribution is -2.45. The summed E-state index contributed by atoms with van der Waals surface area (Å²) in [5.74, 6) is 0.894. The summed E-state index contributed by atoms with van der Waals surface area (Å²) in [6.45, 7) is 8.24. The van der Waals surface area contributed by atoms with Crippen LogP contribution in [0.1, 0.15) is 69.9 Å². The lowest BCUT2D eigenvalue weighted by atomic mass is 9.93. The first-order chi connectivity index (χ1) is 13.7. The van der Waals surface area contributed by atoms with Crippen LogP contribution in [0.3, 0.4) is 0 Å². The summed E-state index contributed by atoms with van der Waals surface area (Å²) >= 11 is 0. The van der Waals surface area contributed by atoms with Crippen LogP contribution in [0.15, 0.2) is 29.3 Å². The maximum absolute atomic E-state index is 9.72. The molecule has 0 radical (unpaired) electrons. The molecule has 3 rings (SSSR count). The number of hydrogen-bond acceptors (Lipinski definition) is 3. The Morgan fingerprint density at radius 1 is 1.10 bits per heavy atom. The number of likely N-dealkylation sites (tertiary alicyclic amines) is 1. The van der Waals surface area contributed by atoms with Gasteiger partial charge in [-0.1, -0.05) is 30.7 Å². The van der Waals surface area contributed by atoms with E-state index in [1.54, 1.807) is 0 Å². The number of aliphatic imine (C=N–C) groups is 1. The molecule has 0 amide bonds. The van der Waals surface area contributed by atoms with E-state index < -0.39 is 0 Å². The minimum absolute atomic E-state index is 0. The summed E-state index contributed by atoms with van der Waals surface area (Å²) in [6.07, 6.45) is 7.65. The maximum Gasteiger partial charge on any atom is 0.191 e. The van der Waals surface area contributed by atoms with Gasteiger partial charge in [0.15, 0.2) is 5.96 Å². The summed E-state index contributed by atoms with van der Waals surface area (Å²) in [5.41, 5.74) is 2.72. The van der Waals surface area contributed by atoms with E-state index in [0.29, 0.717) is 18.6 Å². The molecular formula is C23H39IN4O. The van der Waals surface area contributed by atoms with Gasteiger partial charge in [0.1, 0.15) is 0 Å². The molecule has 0 bridgehead atoms. The Labute approximate surface area is 193 Å². The Bertz CT molecular complexity index is 631. The molecule has 2 fully saturated rings. The molecule has 6 heteroatoms. The van der Waals surface area contributed by atoms with Crippen LogP contribution in [0, 0.1) is 0 Å². The van der Waals surface area contributed by atoms with Gasteiger partial charge in [-0.25, -0.2) is 4.99 Å². The number of halogens is 1. The molecule has 1 aliphatic heterocycles. The highest BCUT2D eigenvalue weighted by atomic mass is 127. The molecular weight excluding hydrogens is 475 g/mol. The number of guanidine groups is 1. The fourth-order valence-electron chi connectivity index (χ4n) is 4.38. The zero-order chi connectivity index (χ0) is 19.8.